The molecule has 0 amide bonds. The van der Waals surface area contributed by atoms with Crippen molar-refractivity contribution in [2.75, 3.05) is 53.1 Å². The van der Waals surface area contributed by atoms with Crippen LogP contribution in [0.5, 0.6) is 0 Å². The molecule has 0 aromatic heterocycles. The van der Waals surface area contributed by atoms with E-state index >= 15 is 0 Å². The number of piperidine rings is 3. The van der Waals surface area contributed by atoms with Crippen molar-refractivity contribution in [1.82, 2.24) is 0 Å². The molecule has 0 aromatic carbocycles. The van der Waals surface area contributed by atoms with Gasteiger partial charge in [0.2, 0.25) is 0 Å². The Kier molecular flexibility index (Phi) is 16.8. The third-order valence-electron chi connectivity index (χ3n) is 8.78. The lowest BCUT2D eigenvalue weighted by atomic mass is 9.71. The van der Waals surface area contributed by atoms with Gasteiger partial charge in [-0.1, -0.05) is 90.4 Å². The second kappa shape index (κ2) is 18.8. The molecule has 2 unspecified atom stereocenters. The average molecular weight is 577 g/mol. The lowest BCUT2D eigenvalue weighted by Gasteiger charge is -2.52. The van der Waals surface area contributed by atoms with Crippen LogP contribution in [0.15, 0.2) is 0 Å². The molecule has 3 aliphatic heterocycles. The third-order valence-corrected chi connectivity index (χ3v) is 9.71. The van der Waals surface area contributed by atoms with Gasteiger partial charge in [0.25, 0.3) is 0 Å². The number of phosphoric ester groups is 1. The summed E-state index contributed by atoms with van der Waals surface area (Å²) >= 11 is 0. The predicted molar refractivity (Wildman–Crippen MR) is 155 cm³/mol. The van der Waals surface area contributed by atoms with Gasteiger partial charge in [0.15, 0.2) is 0 Å². The first-order chi connectivity index (χ1) is 18.7. The number of quaternary nitrogens is 1. The van der Waals surface area contributed by atoms with E-state index in [2.05, 4.69) is 14.0 Å². The van der Waals surface area contributed by atoms with Crippen LogP contribution in [-0.2, 0) is 27.9 Å². The van der Waals surface area contributed by atoms with Gasteiger partial charge in [0.1, 0.15) is 6.10 Å². The Labute approximate surface area is 238 Å². The van der Waals surface area contributed by atoms with Crippen LogP contribution in [0.3, 0.4) is 0 Å². The van der Waals surface area contributed by atoms with Gasteiger partial charge in [0.05, 0.1) is 46.5 Å². The van der Waals surface area contributed by atoms with Crippen LogP contribution in [0.1, 0.15) is 123 Å². The van der Waals surface area contributed by atoms with E-state index in [1.54, 1.807) is 0 Å². The van der Waals surface area contributed by atoms with Crippen molar-refractivity contribution in [3.05, 3.63) is 0 Å². The van der Waals surface area contributed by atoms with Gasteiger partial charge in [-0.3, -0.25) is 13.8 Å². The second-order valence-corrected chi connectivity index (χ2v) is 13.9. The summed E-state index contributed by atoms with van der Waals surface area (Å²) < 4.78 is 35.2. The van der Waals surface area contributed by atoms with Crippen molar-refractivity contribution in [2.24, 2.45) is 5.41 Å². The molecule has 0 spiro atoms. The first-order valence-corrected chi connectivity index (χ1v) is 17.4. The molecule has 2 atom stereocenters. The molecule has 0 aromatic rings. The predicted octanol–water partition coefficient (Wildman–Crippen LogP) is 7.18. The SMILES string of the molecule is CCCCCCCCCCCCCCCCOCC(COP(=O)(O)OCC12CC[N+](C)(CC1)CC2)OC(C)=O. The summed E-state index contributed by atoms with van der Waals surface area (Å²) in [6, 6.07) is 0. The molecule has 0 radical (unpaired) electrons. The molecule has 3 fully saturated rings. The summed E-state index contributed by atoms with van der Waals surface area (Å²) in [5, 5.41) is 0. The number of carbonyl (C=O) groups excluding carboxylic acids is 1. The number of phosphoric acid groups is 1. The highest BCUT2D eigenvalue weighted by Gasteiger charge is 2.48. The fourth-order valence-electron chi connectivity index (χ4n) is 5.85. The number of hydrogen-bond acceptors (Lipinski definition) is 6. The van der Waals surface area contributed by atoms with Gasteiger partial charge in [-0.15, -0.1) is 0 Å². The lowest BCUT2D eigenvalue weighted by Crippen LogP contribution is -2.60. The van der Waals surface area contributed by atoms with Gasteiger partial charge in [0, 0.05) is 38.2 Å². The van der Waals surface area contributed by atoms with Crippen molar-refractivity contribution < 1.29 is 37.3 Å². The Balaban J connectivity index is 1.49. The molecule has 1 N–H and O–H groups in total. The minimum absolute atomic E-state index is 0.0241. The van der Waals surface area contributed by atoms with E-state index in [0.29, 0.717) is 6.61 Å². The Morgan fingerprint density at radius 1 is 0.821 bits per heavy atom. The summed E-state index contributed by atoms with van der Waals surface area (Å²) in [5.41, 5.74) is -0.0241. The second-order valence-electron chi connectivity index (χ2n) is 12.5. The Bertz CT molecular complexity index is 695. The Morgan fingerprint density at radius 2 is 1.31 bits per heavy atom. The minimum Gasteiger partial charge on any atom is -0.458 e. The average Bonchev–Trinajstić information content (AvgIpc) is 2.91. The highest BCUT2D eigenvalue weighted by atomic mass is 31.2. The zero-order valence-corrected chi connectivity index (χ0v) is 26.2. The van der Waals surface area contributed by atoms with Crippen LogP contribution < -0.4 is 0 Å². The highest BCUT2D eigenvalue weighted by molar-refractivity contribution is 7.47. The molecular weight excluding hydrogens is 517 g/mol. The number of nitrogens with zero attached hydrogens (tertiary/aromatic N) is 1. The topological polar surface area (TPSA) is 91.3 Å². The van der Waals surface area contributed by atoms with Crippen molar-refractivity contribution in [1.29, 1.82) is 0 Å². The van der Waals surface area contributed by atoms with E-state index in [0.717, 1.165) is 56.2 Å². The number of unbranched alkanes of at least 4 members (excludes halogenated alkanes) is 13. The minimum atomic E-state index is -4.24. The molecular formula is C30H59NO7P+. The zero-order valence-electron chi connectivity index (χ0n) is 25.3. The van der Waals surface area contributed by atoms with E-state index in [4.69, 9.17) is 18.5 Å². The number of rotatable bonds is 24. The Morgan fingerprint density at radius 3 is 1.79 bits per heavy atom. The summed E-state index contributed by atoms with van der Waals surface area (Å²) in [4.78, 5) is 21.7. The normalized spacial score (nSPS) is 24.9. The largest absolute Gasteiger partial charge is 0.472 e. The first-order valence-electron chi connectivity index (χ1n) is 15.9. The third kappa shape index (κ3) is 15.3. The van der Waals surface area contributed by atoms with Crippen LogP contribution in [0.4, 0.5) is 0 Å². The molecule has 3 heterocycles. The number of ether oxygens (including phenoxy) is 2. The summed E-state index contributed by atoms with van der Waals surface area (Å²) in [7, 11) is -1.96. The van der Waals surface area contributed by atoms with E-state index in [-0.39, 0.29) is 25.2 Å². The van der Waals surface area contributed by atoms with E-state index in [9.17, 15) is 14.3 Å². The fraction of sp³-hybridized carbons (Fsp3) is 0.967. The summed E-state index contributed by atoms with van der Waals surface area (Å²) in [6.45, 7) is 7.55. The van der Waals surface area contributed by atoms with Gasteiger partial charge >= 0.3 is 13.8 Å². The van der Waals surface area contributed by atoms with E-state index < -0.39 is 19.9 Å². The first kappa shape index (κ1) is 34.7. The van der Waals surface area contributed by atoms with Crippen molar-refractivity contribution >= 4 is 13.8 Å². The lowest BCUT2D eigenvalue weighted by molar-refractivity contribution is -0.927. The maximum atomic E-state index is 12.5. The van der Waals surface area contributed by atoms with Gasteiger partial charge in [-0.05, 0) is 6.42 Å². The van der Waals surface area contributed by atoms with E-state index in [1.807, 2.05) is 0 Å². The monoisotopic (exact) mass is 576 g/mol. The van der Waals surface area contributed by atoms with Crippen LogP contribution >= 0.6 is 7.82 Å². The smallest absolute Gasteiger partial charge is 0.458 e. The number of carbonyl (C=O) groups is 1. The molecule has 2 bridgehead atoms. The molecule has 8 nitrogen and oxygen atoms in total. The zero-order chi connectivity index (χ0) is 28.5. The standard InChI is InChI=1S/C30H58NO7P/c1-4-5-6-7-8-9-10-11-12-13-14-15-16-17-24-35-25-29(38-28(2)32)26-36-39(33,34)37-27-30-18-21-31(3,22-19-30)23-20-30/h29H,4-27H2,1-3H3/p+1. The summed E-state index contributed by atoms with van der Waals surface area (Å²) in [6.07, 6.45) is 20.5. The fourth-order valence-corrected chi connectivity index (χ4v) is 6.71. The number of fused-ring (bicyclic) bond motifs is 3. The maximum Gasteiger partial charge on any atom is 0.472 e. The highest BCUT2D eigenvalue weighted by Crippen LogP contribution is 2.49. The van der Waals surface area contributed by atoms with Crippen molar-refractivity contribution in [3.63, 3.8) is 0 Å². The summed E-state index contributed by atoms with van der Waals surface area (Å²) in [5.74, 6) is -0.471. The molecule has 3 rings (SSSR count). The molecule has 39 heavy (non-hydrogen) atoms. The quantitative estimate of drug-likeness (QED) is 0.0563. The molecule has 0 aliphatic carbocycles. The molecule has 230 valence electrons. The van der Waals surface area contributed by atoms with Gasteiger partial charge < -0.3 is 18.9 Å². The van der Waals surface area contributed by atoms with Crippen LogP contribution in [-0.4, -0.2) is 74.6 Å². The maximum absolute atomic E-state index is 12.5. The Hall–Kier alpha value is -0.500. The van der Waals surface area contributed by atoms with Crippen molar-refractivity contribution in [3.8, 4) is 0 Å². The molecule has 3 aliphatic rings. The molecule has 9 heteroatoms. The number of esters is 1. The van der Waals surface area contributed by atoms with Gasteiger partial charge in [-0.2, -0.15) is 0 Å². The molecule has 3 saturated heterocycles. The van der Waals surface area contributed by atoms with Crippen LogP contribution in [0.2, 0.25) is 0 Å². The van der Waals surface area contributed by atoms with Crippen LogP contribution in [0, 0.1) is 5.41 Å². The van der Waals surface area contributed by atoms with E-state index in [1.165, 1.54) is 84.0 Å². The molecule has 0 saturated carbocycles. The number of hydrogen-bond donors (Lipinski definition) is 1. The van der Waals surface area contributed by atoms with Crippen molar-refractivity contribution in [2.45, 2.75) is 129 Å². The van der Waals surface area contributed by atoms with Crippen LogP contribution in [0.25, 0.3) is 0 Å². The van der Waals surface area contributed by atoms with Gasteiger partial charge in [-0.25, -0.2) is 4.57 Å².